The lowest BCUT2D eigenvalue weighted by molar-refractivity contribution is -0.0438. The molecule has 0 saturated carbocycles. The molecule has 0 spiro atoms. The van der Waals surface area contributed by atoms with E-state index >= 15 is 0 Å². The molecule has 146 valence electrons. The average Bonchev–Trinajstić information content (AvgIpc) is 3.09. The van der Waals surface area contributed by atoms with Crippen LogP contribution in [-0.2, 0) is 10.0 Å². The minimum absolute atomic E-state index is 0.0511. The summed E-state index contributed by atoms with van der Waals surface area (Å²) in [6, 6.07) is 17.2. The monoisotopic (exact) mass is 441 g/mol. The number of benzene rings is 1. The van der Waals surface area contributed by atoms with E-state index in [0.717, 1.165) is 27.8 Å². The van der Waals surface area contributed by atoms with Crippen molar-refractivity contribution in [3.63, 3.8) is 0 Å². The molecule has 0 bridgehead atoms. The second-order valence-corrected chi connectivity index (χ2v) is 9.87. The molecule has 9 heteroatoms. The first-order chi connectivity index (χ1) is 13.3. The first-order valence-electron chi connectivity index (χ1n) is 8.18. The highest BCUT2D eigenvalue weighted by molar-refractivity contribution is 8.02. The largest absolute Gasteiger partial charge is 0.516 e. The van der Waals surface area contributed by atoms with Crippen molar-refractivity contribution in [1.82, 2.24) is 0 Å². The molecular formula is C19H14F3NO2S3. The van der Waals surface area contributed by atoms with Gasteiger partial charge in [0.2, 0.25) is 0 Å². The number of anilines is 1. The maximum Gasteiger partial charge on any atom is 0.516 e. The van der Waals surface area contributed by atoms with Crippen molar-refractivity contribution in [3.8, 4) is 11.1 Å². The van der Waals surface area contributed by atoms with Gasteiger partial charge >= 0.3 is 15.5 Å². The van der Waals surface area contributed by atoms with E-state index in [2.05, 4.69) is 0 Å². The van der Waals surface area contributed by atoms with E-state index in [9.17, 15) is 21.6 Å². The number of para-hydroxylation sites is 1. The molecule has 28 heavy (non-hydrogen) atoms. The molecule has 3 nitrogen and oxygen atoms in total. The number of nitrogens with zero attached hydrogens (tertiary/aromatic N) is 1. The fraction of sp³-hybridized carbons (Fsp3) is 0.158. The fourth-order valence-electron chi connectivity index (χ4n) is 3.27. The van der Waals surface area contributed by atoms with Crippen LogP contribution < -0.4 is 4.31 Å². The Kier molecular flexibility index (Phi) is 4.79. The van der Waals surface area contributed by atoms with Gasteiger partial charge in [-0.3, -0.25) is 0 Å². The summed E-state index contributed by atoms with van der Waals surface area (Å²) in [6.07, 6.45) is 1.88. The Hall–Kier alpha value is -1.84. The highest BCUT2D eigenvalue weighted by atomic mass is 32.2. The van der Waals surface area contributed by atoms with Gasteiger partial charge in [0.05, 0.1) is 5.69 Å². The number of alkyl halides is 3. The Labute approximate surface area is 169 Å². The smallest absolute Gasteiger partial charge is 0.244 e. The Morgan fingerprint density at radius 2 is 1.64 bits per heavy atom. The molecule has 2 aliphatic carbocycles. The van der Waals surface area contributed by atoms with Crippen molar-refractivity contribution in [1.29, 1.82) is 0 Å². The van der Waals surface area contributed by atoms with Gasteiger partial charge in [-0.15, -0.1) is 11.8 Å². The van der Waals surface area contributed by atoms with Gasteiger partial charge in [0.1, 0.15) is 5.37 Å². The lowest BCUT2D eigenvalue weighted by Crippen LogP contribution is -2.40. The summed E-state index contributed by atoms with van der Waals surface area (Å²) in [7, 11) is -5.56. The van der Waals surface area contributed by atoms with Crippen molar-refractivity contribution in [2.75, 3.05) is 10.6 Å². The highest BCUT2D eigenvalue weighted by Crippen LogP contribution is 2.57. The molecule has 1 aromatic rings. The minimum Gasteiger partial charge on any atom is -0.244 e. The molecule has 1 aliphatic heterocycles. The van der Waals surface area contributed by atoms with Gasteiger partial charge in [0.25, 0.3) is 0 Å². The third-order valence-electron chi connectivity index (χ3n) is 4.49. The number of fused-ring (bicyclic) bond motifs is 2. The zero-order valence-electron chi connectivity index (χ0n) is 14.5. The van der Waals surface area contributed by atoms with Gasteiger partial charge in [-0.2, -0.15) is 21.6 Å². The zero-order chi connectivity index (χ0) is 20.1. The van der Waals surface area contributed by atoms with E-state index in [-0.39, 0.29) is 5.69 Å². The van der Waals surface area contributed by atoms with E-state index in [0.29, 0.717) is 14.8 Å². The summed E-state index contributed by atoms with van der Waals surface area (Å²) in [5.41, 5.74) is -3.17. The first kappa shape index (κ1) is 19.5. The predicted molar refractivity (Wildman–Crippen MR) is 107 cm³/mol. The number of hydrogen-bond donors (Lipinski definition) is 0. The standard InChI is InChI=1S/C19H14F3NO2S3/c1-26-17-11-14(12-7-3-2-4-8-13(12)17)18-23(28(24,25)19(20,21)22)15-9-5-6-10-16(15)27-18/h2-11,18H,1H3. The van der Waals surface area contributed by atoms with Crippen molar-refractivity contribution in [2.45, 2.75) is 20.7 Å². The lowest BCUT2D eigenvalue weighted by Gasteiger charge is -2.27. The topological polar surface area (TPSA) is 37.4 Å². The molecular weight excluding hydrogens is 427 g/mol. The molecule has 0 radical (unpaired) electrons. The van der Waals surface area contributed by atoms with Crippen molar-refractivity contribution in [3.05, 3.63) is 66.2 Å². The van der Waals surface area contributed by atoms with Crippen LogP contribution in [0.25, 0.3) is 11.1 Å². The van der Waals surface area contributed by atoms with Crippen LogP contribution >= 0.6 is 23.5 Å². The van der Waals surface area contributed by atoms with Crippen LogP contribution in [-0.4, -0.2) is 20.2 Å². The Bertz CT molecular complexity index is 1120. The van der Waals surface area contributed by atoms with Crippen LogP contribution in [0.15, 0.2) is 70.5 Å². The minimum atomic E-state index is -5.56. The predicted octanol–water partition coefficient (Wildman–Crippen LogP) is 5.97. The maximum absolute atomic E-state index is 13.5. The molecule has 0 aromatic heterocycles. The van der Waals surface area contributed by atoms with E-state index in [1.54, 1.807) is 24.3 Å². The SMILES string of the molecule is CSc1cc(C2Sc3ccccc3N2S(=O)(=O)C(F)(F)F)c2cccccc1-2. The van der Waals surface area contributed by atoms with Crippen LogP contribution in [0, 0.1) is 0 Å². The van der Waals surface area contributed by atoms with Gasteiger partial charge in [-0.1, -0.05) is 54.2 Å². The number of halogens is 3. The molecule has 0 fully saturated rings. The van der Waals surface area contributed by atoms with E-state index < -0.39 is 20.9 Å². The van der Waals surface area contributed by atoms with Crippen LogP contribution in [0.5, 0.6) is 0 Å². The molecule has 1 atom stereocenters. The van der Waals surface area contributed by atoms with Gasteiger partial charge in [0, 0.05) is 9.79 Å². The number of thioether (sulfide) groups is 2. The van der Waals surface area contributed by atoms with Crippen molar-refractivity contribution in [2.24, 2.45) is 0 Å². The fourth-order valence-corrected chi connectivity index (χ4v) is 6.67. The van der Waals surface area contributed by atoms with E-state index in [1.165, 1.54) is 23.9 Å². The number of hydrogen-bond acceptors (Lipinski definition) is 4. The zero-order valence-corrected chi connectivity index (χ0v) is 16.9. The van der Waals surface area contributed by atoms with Crippen LogP contribution in [0.4, 0.5) is 18.9 Å². The molecule has 4 rings (SSSR count). The van der Waals surface area contributed by atoms with Crippen LogP contribution in [0.2, 0.25) is 0 Å². The molecule has 1 heterocycles. The third kappa shape index (κ3) is 2.96. The highest BCUT2D eigenvalue weighted by Gasteiger charge is 2.55. The van der Waals surface area contributed by atoms with Gasteiger partial charge in [-0.05, 0) is 41.1 Å². The Morgan fingerprint density at radius 1 is 1.00 bits per heavy atom. The maximum atomic E-state index is 13.5. The third-order valence-corrected chi connectivity index (χ3v) is 8.20. The second-order valence-electron chi connectivity index (χ2n) is 6.09. The summed E-state index contributed by atoms with van der Waals surface area (Å²) in [5.74, 6) is 0. The van der Waals surface area contributed by atoms with Gasteiger partial charge in [-0.25, -0.2) is 4.31 Å². The van der Waals surface area contributed by atoms with Crippen molar-refractivity contribution < 1.29 is 21.6 Å². The lowest BCUT2D eigenvalue weighted by atomic mass is 10.1. The van der Waals surface area contributed by atoms with E-state index in [4.69, 9.17) is 0 Å². The molecule has 0 saturated heterocycles. The summed E-state index contributed by atoms with van der Waals surface area (Å²) in [5, 5.41) is -1.03. The van der Waals surface area contributed by atoms with Crippen LogP contribution in [0.3, 0.4) is 0 Å². The number of rotatable bonds is 3. The average molecular weight is 442 g/mol. The summed E-state index contributed by atoms with van der Waals surface area (Å²) in [4.78, 5) is 1.39. The summed E-state index contributed by atoms with van der Waals surface area (Å²) < 4.78 is 65.8. The molecule has 0 N–H and O–H groups in total. The quantitative estimate of drug-likeness (QED) is 0.469. The second kappa shape index (κ2) is 6.89. The number of sulfonamides is 1. The Balaban J connectivity index is 1.95. The summed E-state index contributed by atoms with van der Waals surface area (Å²) >= 11 is 2.59. The molecule has 1 unspecified atom stereocenters. The van der Waals surface area contributed by atoms with E-state index in [1.807, 2.05) is 30.5 Å². The van der Waals surface area contributed by atoms with Crippen LogP contribution in [0.1, 0.15) is 10.9 Å². The van der Waals surface area contributed by atoms with Crippen molar-refractivity contribution >= 4 is 39.2 Å². The first-order valence-corrected chi connectivity index (χ1v) is 11.7. The molecule has 0 amide bonds. The van der Waals surface area contributed by atoms with Gasteiger partial charge < -0.3 is 0 Å². The normalized spacial score (nSPS) is 17.1. The molecule has 1 aromatic carbocycles. The molecule has 3 aliphatic rings. The summed E-state index contributed by atoms with van der Waals surface area (Å²) in [6.45, 7) is 0. The van der Waals surface area contributed by atoms with Gasteiger partial charge in [0.15, 0.2) is 0 Å². The Morgan fingerprint density at radius 3 is 2.32 bits per heavy atom.